The molecule has 4 atom stereocenters. The molecular weight excluding hydrogens is 524 g/mol. The number of primary amides is 2. The van der Waals surface area contributed by atoms with Crippen molar-refractivity contribution in [1.82, 2.24) is 20.9 Å². The van der Waals surface area contributed by atoms with Crippen molar-refractivity contribution >= 4 is 35.4 Å². The number of hydrogen-bond donors (Lipinski definition) is 7. The third kappa shape index (κ3) is 11.3. The Morgan fingerprint density at radius 1 is 0.900 bits per heavy atom. The molecule has 0 aliphatic heterocycles. The van der Waals surface area contributed by atoms with Crippen molar-refractivity contribution in [2.75, 3.05) is 13.7 Å². The van der Waals surface area contributed by atoms with Gasteiger partial charge in [0.1, 0.15) is 29.9 Å². The Bertz CT molecular complexity index is 1060. The SMILES string of the molecule is CC(=O)N[C@@H](CO)C(=O)N(C)[C@@H](CC(C)C)C(=O)N[C@@H](Cc1ccc(O)cc1)C(=O)N[C@@H](CCC(N)=O)C(N)=O. The van der Waals surface area contributed by atoms with Gasteiger partial charge in [-0.2, -0.15) is 0 Å². The van der Waals surface area contributed by atoms with Gasteiger partial charge in [0.05, 0.1) is 6.61 Å². The molecule has 0 saturated carbocycles. The smallest absolute Gasteiger partial charge is 0.247 e. The molecule has 0 bridgehead atoms. The second kappa shape index (κ2) is 16.0. The van der Waals surface area contributed by atoms with Crippen LogP contribution in [0.3, 0.4) is 0 Å². The van der Waals surface area contributed by atoms with Crippen molar-refractivity contribution < 1.29 is 39.0 Å². The van der Waals surface area contributed by atoms with Crippen molar-refractivity contribution in [2.24, 2.45) is 17.4 Å². The molecule has 0 aromatic heterocycles. The minimum absolute atomic E-state index is 0.0104. The van der Waals surface area contributed by atoms with Gasteiger partial charge in [0, 0.05) is 26.8 Å². The summed E-state index contributed by atoms with van der Waals surface area (Å²) in [6, 6.07) is 1.02. The van der Waals surface area contributed by atoms with Gasteiger partial charge in [-0.15, -0.1) is 0 Å². The fourth-order valence-electron chi connectivity index (χ4n) is 3.91. The largest absolute Gasteiger partial charge is 0.508 e. The van der Waals surface area contributed by atoms with E-state index in [2.05, 4.69) is 16.0 Å². The zero-order chi connectivity index (χ0) is 30.6. The molecule has 0 heterocycles. The monoisotopic (exact) mass is 564 g/mol. The summed E-state index contributed by atoms with van der Waals surface area (Å²) >= 11 is 0. The fourth-order valence-corrected chi connectivity index (χ4v) is 3.91. The molecule has 0 aliphatic rings. The summed E-state index contributed by atoms with van der Waals surface area (Å²) < 4.78 is 0. The van der Waals surface area contributed by atoms with Gasteiger partial charge in [0.15, 0.2) is 0 Å². The Labute approximate surface area is 232 Å². The molecule has 40 heavy (non-hydrogen) atoms. The fraction of sp³-hybridized carbons (Fsp3) is 0.538. The number of aromatic hydroxyl groups is 1. The predicted octanol–water partition coefficient (Wildman–Crippen LogP) is -1.97. The van der Waals surface area contributed by atoms with E-state index in [9.17, 15) is 39.0 Å². The molecule has 0 saturated heterocycles. The first-order valence-corrected chi connectivity index (χ1v) is 12.8. The van der Waals surface area contributed by atoms with Gasteiger partial charge >= 0.3 is 0 Å². The summed E-state index contributed by atoms with van der Waals surface area (Å²) in [5.74, 6) is -4.41. The number of phenolic OH excluding ortho intramolecular Hbond substituents is 1. The number of nitrogens with zero attached hydrogens (tertiary/aromatic N) is 1. The third-order valence-electron chi connectivity index (χ3n) is 6.02. The lowest BCUT2D eigenvalue weighted by atomic mass is 9.99. The first kappa shape index (κ1) is 33.8. The lowest BCUT2D eigenvalue weighted by molar-refractivity contribution is -0.143. The van der Waals surface area contributed by atoms with Crippen LogP contribution >= 0.6 is 0 Å². The molecule has 14 nitrogen and oxygen atoms in total. The quantitative estimate of drug-likeness (QED) is 0.119. The Morgan fingerprint density at radius 2 is 1.48 bits per heavy atom. The van der Waals surface area contributed by atoms with E-state index in [0.29, 0.717) is 5.56 Å². The Morgan fingerprint density at radius 3 is 1.95 bits per heavy atom. The second-order valence-corrected chi connectivity index (χ2v) is 9.93. The Hall–Kier alpha value is -4.20. The maximum atomic E-state index is 13.5. The van der Waals surface area contributed by atoms with Crippen LogP contribution in [0.1, 0.15) is 45.6 Å². The highest BCUT2D eigenvalue weighted by Crippen LogP contribution is 2.15. The van der Waals surface area contributed by atoms with Crippen LogP contribution in [-0.4, -0.2) is 88.4 Å². The molecule has 14 heteroatoms. The number of carbonyl (C=O) groups excluding carboxylic acids is 6. The van der Waals surface area contributed by atoms with E-state index in [0.717, 1.165) is 4.90 Å². The molecule has 6 amide bonds. The predicted molar refractivity (Wildman–Crippen MR) is 144 cm³/mol. The number of hydrogen-bond acceptors (Lipinski definition) is 8. The number of nitrogens with one attached hydrogen (secondary N) is 3. The molecule has 0 spiro atoms. The molecule has 1 aromatic carbocycles. The molecular formula is C26H40N6O8. The van der Waals surface area contributed by atoms with Crippen molar-refractivity contribution in [1.29, 1.82) is 0 Å². The standard InChI is InChI=1S/C26H40N6O8/c1-14(2)11-21(32(4)26(40)20(13-33)29-15(3)34)25(39)31-19(12-16-5-7-17(35)8-6-16)24(38)30-18(23(28)37)9-10-22(27)36/h5-8,14,18-21,33,35H,9-13H2,1-4H3,(H2,27,36)(H2,28,37)(H,29,34)(H,30,38)(H,31,39)/t18-,19-,20-,21-/m0/s1. The molecule has 9 N–H and O–H groups in total. The summed E-state index contributed by atoms with van der Waals surface area (Å²) in [4.78, 5) is 75.4. The normalized spacial score (nSPS) is 13.8. The first-order valence-electron chi connectivity index (χ1n) is 12.8. The first-order chi connectivity index (χ1) is 18.7. The molecule has 0 unspecified atom stereocenters. The number of aliphatic hydroxyl groups excluding tert-OH is 1. The minimum atomic E-state index is -1.28. The number of likely N-dealkylation sites (N-methyl/N-ethyl adjacent to an activating group) is 1. The number of carbonyl (C=O) groups is 6. The van der Waals surface area contributed by atoms with Crippen LogP contribution in [-0.2, 0) is 35.2 Å². The number of amides is 6. The van der Waals surface area contributed by atoms with Gasteiger partial charge in [-0.1, -0.05) is 26.0 Å². The zero-order valence-electron chi connectivity index (χ0n) is 23.2. The minimum Gasteiger partial charge on any atom is -0.508 e. The van der Waals surface area contributed by atoms with Crippen LogP contribution in [0.5, 0.6) is 5.75 Å². The summed E-state index contributed by atoms with van der Waals surface area (Å²) in [6.07, 6.45) is -0.236. The van der Waals surface area contributed by atoms with E-state index in [1.54, 1.807) is 12.1 Å². The number of nitrogens with two attached hydrogens (primary N) is 2. The van der Waals surface area contributed by atoms with E-state index in [1.165, 1.54) is 26.1 Å². The highest BCUT2D eigenvalue weighted by Gasteiger charge is 2.34. The van der Waals surface area contributed by atoms with E-state index < -0.39 is 66.2 Å². The highest BCUT2D eigenvalue weighted by atomic mass is 16.3. The second-order valence-electron chi connectivity index (χ2n) is 9.93. The number of benzene rings is 1. The zero-order valence-corrected chi connectivity index (χ0v) is 23.2. The maximum Gasteiger partial charge on any atom is 0.247 e. The van der Waals surface area contributed by atoms with Crippen molar-refractivity contribution in [3.63, 3.8) is 0 Å². The van der Waals surface area contributed by atoms with E-state index in [-0.39, 0.29) is 37.4 Å². The van der Waals surface area contributed by atoms with Crippen LogP contribution < -0.4 is 27.4 Å². The van der Waals surface area contributed by atoms with Crippen LogP contribution in [0.25, 0.3) is 0 Å². The van der Waals surface area contributed by atoms with Gasteiger partial charge in [0.2, 0.25) is 35.4 Å². The van der Waals surface area contributed by atoms with Gasteiger partial charge in [0.25, 0.3) is 0 Å². The van der Waals surface area contributed by atoms with Crippen molar-refractivity contribution in [3.8, 4) is 5.75 Å². The van der Waals surface area contributed by atoms with Gasteiger partial charge < -0.3 is 42.5 Å². The van der Waals surface area contributed by atoms with Crippen LogP contribution in [0.15, 0.2) is 24.3 Å². The average molecular weight is 565 g/mol. The van der Waals surface area contributed by atoms with Gasteiger partial charge in [-0.3, -0.25) is 28.8 Å². The van der Waals surface area contributed by atoms with Crippen molar-refractivity contribution in [2.45, 2.75) is 70.6 Å². The van der Waals surface area contributed by atoms with Gasteiger partial charge in [-0.25, -0.2) is 0 Å². The number of phenols is 1. The van der Waals surface area contributed by atoms with E-state index >= 15 is 0 Å². The van der Waals surface area contributed by atoms with E-state index in [1.807, 2.05) is 13.8 Å². The average Bonchev–Trinajstić information content (AvgIpc) is 2.87. The van der Waals surface area contributed by atoms with Crippen LogP contribution in [0, 0.1) is 5.92 Å². The Kier molecular flexibility index (Phi) is 13.6. The third-order valence-corrected chi connectivity index (χ3v) is 6.02. The maximum absolute atomic E-state index is 13.5. The number of aliphatic hydroxyl groups is 1. The van der Waals surface area contributed by atoms with Gasteiger partial charge in [-0.05, 0) is 36.5 Å². The lowest BCUT2D eigenvalue weighted by Gasteiger charge is -2.32. The van der Waals surface area contributed by atoms with Crippen LogP contribution in [0.2, 0.25) is 0 Å². The van der Waals surface area contributed by atoms with E-state index in [4.69, 9.17) is 11.5 Å². The molecule has 0 fully saturated rings. The molecule has 1 aromatic rings. The molecule has 222 valence electrons. The van der Waals surface area contributed by atoms with Crippen LogP contribution in [0.4, 0.5) is 0 Å². The number of rotatable bonds is 16. The lowest BCUT2D eigenvalue weighted by Crippen LogP contribution is -2.59. The summed E-state index contributed by atoms with van der Waals surface area (Å²) in [5.41, 5.74) is 11.1. The topological polar surface area (TPSA) is 234 Å². The molecule has 1 rings (SSSR count). The Balaban J connectivity index is 3.29. The summed E-state index contributed by atoms with van der Waals surface area (Å²) in [6.45, 7) is 4.15. The summed E-state index contributed by atoms with van der Waals surface area (Å²) in [5, 5.41) is 26.6. The van der Waals surface area contributed by atoms with Crippen molar-refractivity contribution in [3.05, 3.63) is 29.8 Å². The highest BCUT2D eigenvalue weighted by molar-refractivity contribution is 5.95. The summed E-state index contributed by atoms with van der Waals surface area (Å²) in [7, 11) is 1.35. The molecule has 0 radical (unpaired) electrons. The molecule has 0 aliphatic carbocycles.